The summed E-state index contributed by atoms with van der Waals surface area (Å²) in [6.45, 7) is 3.92. The van der Waals surface area contributed by atoms with E-state index >= 15 is 0 Å². The Morgan fingerprint density at radius 1 is 1.32 bits per heavy atom. The fourth-order valence-corrected chi connectivity index (χ4v) is 3.16. The molecular formula is C17H22F2N2O. The van der Waals surface area contributed by atoms with Crippen molar-refractivity contribution in [2.24, 2.45) is 11.8 Å². The number of rotatable bonds is 4. The van der Waals surface area contributed by atoms with Crippen LogP contribution < -0.4 is 5.32 Å². The maximum Gasteiger partial charge on any atom is 0.225 e. The van der Waals surface area contributed by atoms with Crippen molar-refractivity contribution >= 4 is 5.91 Å². The minimum atomic E-state index is -0.808. The number of carbonyl (C=O) groups is 1. The average Bonchev–Trinajstić information content (AvgIpc) is 3.34. The number of nitrogens with zero attached hydrogens (tertiary/aromatic N) is 1. The standard InChI is InChI=1S/C17H22F2N2O/c1-11-10-21(17(22)12-5-6-12)8-7-15(11)20-9-13-3-2-4-14(18)16(13)19/h2-4,11-12,15,20H,5-10H2,1H3/t11-,15-/m0/s1. The lowest BCUT2D eigenvalue weighted by Gasteiger charge is -2.37. The molecule has 2 aliphatic rings. The van der Waals surface area contributed by atoms with Gasteiger partial charge in [0.2, 0.25) is 5.91 Å². The van der Waals surface area contributed by atoms with Gasteiger partial charge in [-0.05, 0) is 31.2 Å². The van der Waals surface area contributed by atoms with E-state index in [2.05, 4.69) is 12.2 Å². The molecule has 22 heavy (non-hydrogen) atoms. The lowest BCUT2D eigenvalue weighted by Crippen LogP contribution is -2.50. The Labute approximate surface area is 129 Å². The van der Waals surface area contributed by atoms with E-state index < -0.39 is 11.6 Å². The van der Waals surface area contributed by atoms with Crippen molar-refractivity contribution in [3.05, 3.63) is 35.4 Å². The van der Waals surface area contributed by atoms with E-state index in [-0.39, 0.29) is 12.0 Å². The van der Waals surface area contributed by atoms with Crippen LogP contribution in [0.1, 0.15) is 31.7 Å². The van der Waals surface area contributed by atoms with Crippen molar-refractivity contribution < 1.29 is 13.6 Å². The number of hydrogen-bond acceptors (Lipinski definition) is 2. The molecule has 1 saturated carbocycles. The lowest BCUT2D eigenvalue weighted by molar-refractivity contribution is -0.134. The van der Waals surface area contributed by atoms with Crippen LogP contribution >= 0.6 is 0 Å². The first-order valence-corrected chi connectivity index (χ1v) is 8.01. The fourth-order valence-electron chi connectivity index (χ4n) is 3.16. The van der Waals surface area contributed by atoms with Crippen molar-refractivity contribution in [2.75, 3.05) is 13.1 Å². The molecule has 1 aliphatic heterocycles. The SMILES string of the molecule is C[C@H]1CN(C(=O)C2CC2)CC[C@@H]1NCc1cccc(F)c1F. The van der Waals surface area contributed by atoms with Crippen LogP contribution in [-0.2, 0) is 11.3 Å². The highest BCUT2D eigenvalue weighted by Gasteiger charge is 2.36. The molecule has 2 fully saturated rings. The minimum absolute atomic E-state index is 0.228. The largest absolute Gasteiger partial charge is 0.342 e. The number of nitrogens with one attached hydrogen (secondary N) is 1. The van der Waals surface area contributed by atoms with Crippen molar-refractivity contribution in [1.82, 2.24) is 10.2 Å². The number of likely N-dealkylation sites (tertiary alicyclic amines) is 1. The molecule has 1 N–H and O–H groups in total. The second kappa shape index (κ2) is 6.32. The lowest BCUT2D eigenvalue weighted by atomic mass is 9.93. The van der Waals surface area contributed by atoms with Crippen LogP contribution in [0.5, 0.6) is 0 Å². The van der Waals surface area contributed by atoms with Gasteiger partial charge in [0.25, 0.3) is 0 Å². The molecule has 0 spiro atoms. The molecule has 1 aromatic carbocycles. The first kappa shape index (κ1) is 15.4. The van der Waals surface area contributed by atoms with E-state index in [1.807, 2.05) is 4.90 Å². The summed E-state index contributed by atoms with van der Waals surface area (Å²) in [5.74, 6) is -0.714. The molecule has 2 atom stereocenters. The van der Waals surface area contributed by atoms with Gasteiger partial charge in [0, 0.05) is 37.2 Å². The third-order valence-corrected chi connectivity index (χ3v) is 4.73. The molecule has 0 radical (unpaired) electrons. The molecule has 120 valence electrons. The number of halogens is 2. The maximum atomic E-state index is 13.6. The highest BCUT2D eigenvalue weighted by molar-refractivity contribution is 5.81. The predicted molar refractivity (Wildman–Crippen MR) is 80.1 cm³/mol. The fraction of sp³-hybridized carbons (Fsp3) is 0.588. The van der Waals surface area contributed by atoms with E-state index in [9.17, 15) is 13.6 Å². The van der Waals surface area contributed by atoms with Gasteiger partial charge in [-0.15, -0.1) is 0 Å². The highest BCUT2D eigenvalue weighted by atomic mass is 19.2. The van der Waals surface area contributed by atoms with Crippen molar-refractivity contribution in [2.45, 2.75) is 38.8 Å². The first-order chi connectivity index (χ1) is 10.6. The van der Waals surface area contributed by atoms with Gasteiger partial charge in [-0.2, -0.15) is 0 Å². The van der Waals surface area contributed by atoms with E-state index in [1.165, 1.54) is 6.07 Å². The molecular weight excluding hydrogens is 286 g/mol. The minimum Gasteiger partial charge on any atom is -0.342 e. The van der Waals surface area contributed by atoms with Gasteiger partial charge >= 0.3 is 0 Å². The molecule has 3 nitrogen and oxygen atoms in total. The second-order valence-corrected chi connectivity index (χ2v) is 6.52. The number of benzene rings is 1. The van der Waals surface area contributed by atoms with Crippen LogP contribution in [0.4, 0.5) is 8.78 Å². The van der Waals surface area contributed by atoms with Crippen LogP contribution in [0.3, 0.4) is 0 Å². The van der Waals surface area contributed by atoms with Gasteiger partial charge in [-0.25, -0.2) is 8.78 Å². The summed E-state index contributed by atoms with van der Waals surface area (Å²) in [6, 6.07) is 4.48. The van der Waals surface area contributed by atoms with Crippen LogP contribution in [0, 0.1) is 23.5 Å². The third-order valence-electron chi connectivity index (χ3n) is 4.73. The molecule has 0 unspecified atom stereocenters. The van der Waals surface area contributed by atoms with Gasteiger partial charge in [0.15, 0.2) is 11.6 Å². The monoisotopic (exact) mass is 308 g/mol. The normalized spacial score (nSPS) is 25.3. The molecule has 5 heteroatoms. The number of piperidine rings is 1. The van der Waals surface area contributed by atoms with Crippen LogP contribution in [0.25, 0.3) is 0 Å². The van der Waals surface area contributed by atoms with Crippen LogP contribution in [-0.4, -0.2) is 29.9 Å². The van der Waals surface area contributed by atoms with Gasteiger partial charge in [-0.3, -0.25) is 4.79 Å². The van der Waals surface area contributed by atoms with E-state index in [0.717, 1.165) is 38.4 Å². The average molecular weight is 308 g/mol. The number of hydrogen-bond donors (Lipinski definition) is 1. The molecule has 1 aromatic rings. The Morgan fingerprint density at radius 2 is 2.09 bits per heavy atom. The Bertz CT molecular complexity index is 560. The topological polar surface area (TPSA) is 32.3 Å². The van der Waals surface area contributed by atoms with Gasteiger partial charge < -0.3 is 10.2 Å². The number of carbonyl (C=O) groups excluding carboxylic acids is 1. The maximum absolute atomic E-state index is 13.6. The molecule has 1 heterocycles. The second-order valence-electron chi connectivity index (χ2n) is 6.52. The number of amides is 1. The third kappa shape index (κ3) is 3.29. The van der Waals surface area contributed by atoms with Crippen molar-refractivity contribution in [1.29, 1.82) is 0 Å². The van der Waals surface area contributed by atoms with E-state index in [1.54, 1.807) is 6.07 Å². The first-order valence-electron chi connectivity index (χ1n) is 8.01. The molecule has 1 amide bonds. The summed E-state index contributed by atoms with van der Waals surface area (Å²) in [5.41, 5.74) is 0.351. The van der Waals surface area contributed by atoms with E-state index in [4.69, 9.17) is 0 Å². The Kier molecular flexibility index (Phi) is 4.43. The molecule has 1 aliphatic carbocycles. The quantitative estimate of drug-likeness (QED) is 0.927. The zero-order valence-corrected chi connectivity index (χ0v) is 12.8. The Morgan fingerprint density at radius 3 is 2.77 bits per heavy atom. The van der Waals surface area contributed by atoms with Gasteiger partial charge in [0.05, 0.1) is 0 Å². The highest BCUT2D eigenvalue weighted by Crippen LogP contribution is 2.32. The Hall–Kier alpha value is -1.49. The summed E-state index contributed by atoms with van der Waals surface area (Å²) < 4.78 is 26.8. The molecule has 0 aromatic heterocycles. The van der Waals surface area contributed by atoms with Crippen LogP contribution in [0.2, 0.25) is 0 Å². The molecule has 0 bridgehead atoms. The van der Waals surface area contributed by atoms with Crippen LogP contribution in [0.15, 0.2) is 18.2 Å². The molecule has 1 saturated heterocycles. The zero-order valence-electron chi connectivity index (χ0n) is 12.8. The zero-order chi connectivity index (χ0) is 15.7. The summed E-state index contributed by atoms with van der Waals surface area (Å²) >= 11 is 0. The Balaban J connectivity index is 1.53. The van der Waals surface area contributed by atoms with Gasteiger partial charge in [0.1, 0.15) is 0 Å². The van der Waals surface area contributed by atoms with E-state index in [0.29, 0.717) is 23.9 Å². The smallest absolute Gasteiger partial charge is 0.225 e. The van der Waals surface area contributed by atoms with Gasteiger partial charge in [-0.1, -0.05) is 19.1 Å². The predicted octanol–water partition coefficient (Wildman–Crippen LogP) is 2.70. The summed E-state index contributed by atoms with van der Waals surface area (Å²) in [4.78, 5) is 14.0. The summed E-state index contributed by atoms with van der Waals surface area (Å²) in [6.07, 6.45) is 2.92. The van der Waals surface area contributed by atoms with Crippen molar-refractivity contribution in [3.63, 3.8) is 0 Å². The molecule has 3 rings (SSSR count). The van der Waals surface area contributed by atoms with Crippen molar-refractivity contribution in [3.8, 4) is 0 Å². The summed E-state index contributed by atoms with van der Waals surface area (Å²) in [7, 11) is 0. The summed E-state index contributed by atoms with van der Waals surface area (Å²) in [5, 5.41) is 3.32.